The van der Waals surface area contributed by atoms with E-state index in [9.17, 15) is 28.4 Å². The highest BCUT2D eigenvalue weighted by molar-refractivity contribution is 6.24. The standard InChI is InChI=1S/C46H56FN7O6/c1-30-6-4-8-37(47)35(30)26-51-27-36(39(28-51)49(2)3)32-10-12-33(13-11-32)52-24-22-50(23-25-52)19-16-31-17-20-53(21-18-31)42(56)29-60-40-9-5-7-34-43(40)46(59)54(45(34)58)38-14-15-41(55)48-44(38)57/h4-13,31,36,38-39H,14-29H2,1-3H3,(H,48,55,57)/t36-,38?,39+/m1/s1. The second-order valence-corrected chi connectivity index (χ2v) is 17.3. The minimum Gasteiger partial charge on any atom is -0.483 e. The van der Waals surface area contributed by atoms with E-state index in [1.807, 2.05) is 17.9 Å². The molecule has 4 fully saturated rings. The number of benzene rings is 3. The Bertz CT molecular complexity index is 2090. The van der Waals surface area contributed by atoms with Gasteiger partial charge >= 0.3 is 0 Å². The average Bonchev–Trinajstić information content (AvgIpc) is 3.79. The monoisotopic (exact) mass is 821 g/mol. The lowest BCUT2D eigenvalue weighted by Crippen LogP contribution is -2.54. The first-order valence-corrected chi connectivity index (χ1v) is 21.4. The van der Waals surface area contributed by atoms with Crippen LogP contribution >= 0.6 is 0 Å². The molecule has 1 unspecified atom stereocenters. The van der Waals surface area contributed by atoms with Gasteiger partial charge in [0, 0.05) is 88.5 Å². The Balaban J connectivity index is 0.760. The molecule has 5 heterocycles. The van der Waals surface area contributed by atoms with Crippen molar-refractivity contribution in [2.75, 3.05) is 84.5 Å². The van der Waals surface area contributed by atoms with Crippen molar-refractivity contribution >= 4 is 35.2 Å². The number of rotatable bonds is 12. The number of anilines is 1. The van der Waals surface area contributed by atoms with Crippen molar-refractivity contribution in [3.63, 3.8) is 0 Å². The number of amides is 5. The summed E-state index contributed by atoms with van der Waals surface area (Å²) < 4.78 is 20.5. The van der Waals surface area contributed by atoms with Crippen LogP contribution < -0.4 is 15.0 Å². The molecule has 318 valence electrons. The summed E-state index contributed by atoms with van der Waals surface area (Å²) in [5, 5.41) is 2.20. The molecule has 8 rings (SSSR count). The van der Waals surface area contributed by atoms with E-state index in [0.717, 1.165) is 81.1 Å². The molecule has 0 saturated carbocycles. The summed E-state index contributed by atoms with van der Waals surface area (Å²) >= 11 is 0. The largest absolute Gasteiger partial charge is 0.483 e. The molecule has 3 aromatic rings. The van der Waals surface area contributed by atoms with Gasteiger partial charge < -0.3 is 19.4 Å². The van der Waals surface area contributed by atoms with Crippen molar-refractivity contribution in [2.45, 2.75) is 63.6 Å². The Kier molecular flexibility index (Phi) is 12.3. The van der Waals surface area contributed by atoms with Crippen LogP contribution in [0.25, 0.3) is 0 Å². The highest BCUT2D eigenvalue weighted by Gasteiger charge is 2.46. The highest BCUT2D eigenvalue weighted by atomic mass is 19.1. The third-order valence-electron chi connectivity index (χ3n) is 13.4. The topological polar surface area (TPSA) is 126 Å². The molecule has 14 heteroatoms. The molecule has 0 spiro atoms. The molecule has 0 aromatic heterocycles. The van der Waals surface area contributed by atoms with Crippen molar-refractivity contribution < 1.29 is 33.1 Å². The zero-order valence-electron chi connectivity index (χ0n) is 34.9. The number of imide groups is 2. The van der Waals surface area contributed by atoms with Crippen LogP contribution in [-0.4, -0.2) is 146 Å². The molecule has 3 aromatic carbocycles. The van der Waals surface area contributed by atoms with E-state index < -0.39 is 29.7 Å². The minimum atomic E-state index is -1.07. The summed E-state index contributed by atoms with van der Waals surface area (Å²) in [4.78, 5) is 76.3. The summed E-state index contributed by atoms with van der Waals surface area (Å²) in [5.74, 6) is -1.67. The maximum absolute atomic E-state index is 14.7. The van der Waals surface area contributed by atoms with Crippen LogP contribution in [0, 0.1) is 18.7 Å². The Morgan fingerprint density at radius 3 is 2.28 bits per heavy atom. The maximum atomic E-state index is 14.7. The molecular formula is C46H56FN7O6. The fourth-order valence-corrected chi connectivity index (χ4v) is 9.77. The molecule has 13 nitrogen and oxygen atoms in total. The van der Waals surface area contributed by atoms with E-state index in [-0.39, 0.29) is 48.0 Å². The van der Waals surface area contributed by atoms with Crippen molar-refractivity contribution in [1.29, 1.82) is 0 Å². The number of likely N-dealkylation sites (tertiary alicyclic amines) is 2. The normalized spacial score (nSPS) is 23.1. The molecule has 60 heavy (non-hydrogen) atoms. The Labute approximate surface area is 351 Å². The molecule has 5 aliphatic heterocycles. The van der Waals surface area contributed by atoms with Gasteiger partial charge in [0.15, 0.2) is 6.61 Å². The Hall–Kier alpha value is -5.18. The number of carbonyl (C=O) groups excluding carboxylic acids is 5. The number of hydrogen-bond donors (Lipinski definition) is 1. The van der Waals surface area contributed by atoms with Crippen LogP contribution in [0.1, 0.15) is 75.4 Å². The second-order valence-electron chi connectivity index (χ2n) is 17.3. The van der Waals surface area contributed by atoms with Crippen LogP contribution in [0.4, 0.5) is 10.1 Å². The lowest BCUT2D eigenvalue weighted by molar-refractivity contribution is -0.136. The smallest absolute Gasteiger partial charge is 0.266 e. The molecule has 1 N–H and O–H groups in total. The lowest BCUT2D eigenvalue weighted by Gasteiger charge is -2.38. The van der Waals surface area contributed by atoms with Gasteiger partial charge in [-0.2, -0.15) is 0 Å². The first-order chi connectivity index (χ1) is 28.9. The molecular weight excluding hydrogens is 766 g/mol. The number of carbonyl (C=O) groups is 5. The quantitative estimate of drug-likeness (QED) is 0.269. The fraction of sp³-hybridized carbons (Fsp3) is 0.500. The number of piperazine rings is 1. The van der Waals surface area contributed by atoms with Gasteiger partial charge in [0.1, 0.15) is 17.6 Å². The SMILES string of the molecule is Cc1cccc(F)c1CN1C[C@H](c2ccc(N3CCN(CCC4CCN(C(=O)COc5cccc6c5C(=O)N(C5CCC(=O)NC5=O)C6=O)CC4)CC3)cc2)[C@@H](N(C)C)C1. The lowest BCUT2D eigenvalue weighted by atomic mass is 9.93. The van der Waals surface area contributed by atoms with Gasteiger partial charge in [-0.15, -0.1) is 0 Å². The van der Waals surface area contributed by atoms with Gasteiger partial charge in [-0.3, -0.25) is 44.0 Å². The molecule has 0 bridgehead atoms. The molecule has 5 aliphatic rings. The Morgan fingerprint density at radius 2 is 1.58 bits per heavy atom. The minimum absolute atomic E-state index is 0.0348. The number of halogens is 1. The number of fused-ring (bicyclic) bond motifs is 1. The predicted octanol–water partition coefficient (Wildman–Crippen LogP) is 3.89. The number of hydrogen-bond acceptors (Lipinski definition) is 10. The van der Waals surface area contributed by atoms with E-state index >= 15 is 0 Å². The molecule has 4 saturated heterocycles. The van der Waals surface area contributed by atoms with E-state index in [1.165, 1.54) is 17.3 Å². The number of aryl methyl sites for hydroxylation is 1. The fourth-order valence-electron chi connectivity index (χ4n) is 9.77. The van der Waals surface area contributed by atoms with Gasteiger partial charge in [-0.1, -0.05) is 30.3 Å². The summed E-state index contributed by atoms with van der Waals surface area (Å²) in [6.07, 6.45) is 3.03. The van der Waals surface area contributed by atoms with Crippen LogP contribution in [0.3, 0.4) is 0 Å². The number of nitrogens with zero attached hydrogens (tertiary/aromatic N) is 6. The van der Waals surface area contributed by atoms with Crippen LogP contribution in [0.5, 0.6) is 5.75 Å². The molecule has 0 radical (unpaired) electrons. The van der Waals surface area contributed by atoms with Crippen LogP contribution in [-0.2, 0) is 20.9 Å². The van der Waals surface area contributed by atoms with E-state index in [1.54, 1.807) is 24.3 Å². The number of piperidine rings is 2. The first kappa shape index (κ1) is 41.5. The zero-order chi connectivity index (χ0) is 42.1. The second kappa shape index (κ2) is 17.8. The van der Waals surface area contributed by atoms with E-state index in [0.29, 0.717) is 37.5 Å². The van der Waals surface area contributed by atoms with Crippen LogP contribution in [0.15, 0.2) is 60.7 Å². The molecule has 0 aliphatic carbocycles. The van der Waals surface area contributed by atoms with E-state index in [4.69, 9.17) is 4.74 Å². The van der Waals surface area contributed by atoms with Crippen molar-refractivity contribution in [2.24, 2.45) is 5.92 Å². The summed E-state index contributed by atoms with van der Waals surface area (Å²) in [6, 6.07) is 18.4. The maximum Gasteiger partial charge on any atom is 0.266 e. The predicted molar refractivity (Wildman–Crippen MR) is 224 cm³/mol. The average molecular weight is 822 g/mol. The third-order valence-corrected chi connectivity index (χ3v) is 13.4. The first-order valence-electron chi connectivity index (χ1n) is 21.4. The summed E-state index contributed by atoms with van der Waals surface area (Å²) in [5.41, 5.74) is 4.54. The number of ether oxygens (including phenoxy) is 1. The van der Waals surface area contributed by atoms with Gasteiger partial charge in [0.2, 0.25) is 11.8 Å². The molecule has 5 amide bonds. The number of likely N-dealkylation sites (N-methyl/N-ethyl adjacent to an activating group) is 1. The van der Waals surface area contributed by atoms with Crippen molar-refractivity contribution in [1.82, 2.24) is 29.8 Å². The number of nitrogens with one attached hydrogen (secondary N) is 1. The summed E-state index contributed by atoms with van der Waals surface area (Å²) in [7, 11) is 4.28. The summed E-state index contributed by atoms with van der Waals surface area (Å²) in [6.45, 7) is 10.5. The van der Waals surface area contributed by atoms with Gasteiger partial charge in [0.05, 0.1) is 11.1 Å². The van der Waals surface area contributed by atoms with Crippen LogP contribution in [0.2, 0.25) is 0 Å². The van der Waals surface area contributed by atoms with Crippen molar-refractivity contribution in [3.8, 4) is 5.75 Å². The highest BCUT2D eigenvalue weighted by Crippen LogP contribution is 2.35. The van der Waals surface area contributed by atoms with Gasteiger partial charge in [0.25, 0.3) is 17.7 Å². The Morgan fingerprint density at radius 1 is 0.850 bits per heavy atom. The molecule has 3 atom stereocenters. The van der Waals surface area contributed by atoms with Gasteiger partial charge in [-0.05, 0) is 101 Å². The zero-order valence-corrected chi connectivity index (χ0v) is 34.9. The van der Waals surface area contributed by atoms with Crippen molar-refractivity contribution in [3.05, 3.63) is 94.3 Å². The van der Waals surface area contributed by atoms with Gasteiger partial charge in [-0.25, -0.2) is 4.39 Å². The third kappa shape index (κ3) is 8.68. The van der Waals surface area contributed by atoms with E-state index in [2.05, 4.69) is 63.3 Å².